The van der Waals surface area contributed by atoms with E-state index in [2.05, 4.69) is 0 Å². The zero-order valence-corrected chi connectivity index (χ0v) is 26.8. The summed E-state index contributed by atoms with van der Waals surface area (Å²) in [6, 6.07) is 29.0. The fourth-order valence-electron chi connectivity index (χ4n) is 9.07. The first-order chi connectivity index (χ1) is 24.6. The molecular weight excluding hydrogens is 648 g/mol. The Hall–Kier alpha value is -6.48. The molecule has 254 valence electrons. The van der Waals surface area contributed by atoms with Crippen molar-refractivity contribution in [3.05, 3.63) is 159 Å². The van der Waals surface area contributed by atoms with E-state index in [0.29, 0.717) is 44.7 Å². The summed E-state index contributed by atoms with van der Waals surface area (Å²) in [5.74, 6) is -3.24. The van der Waals surface area contributed by atoms with Crippen LogP contribution in [-0.2, 0) is 0 Å². The van der Waals surface area contributed by atoms with Crippen molar-refractivity contribution in [3.8, 4) is 51.7 Å². The van der Waals surface area contributed by atoms with Crippen molar-refractivity contribution in [3.63, 3.8) is 0 Å². The van der Waals surface area contributed by atoms with Gasteiger partial charge in [-0.2, -0.15) is 0 Å². The van der Waals surface area contributed by atoms with Crippen LogP contribution in [0.1, 0.15) is 85.8 Å². The van der Waals surface area contributed by atoms with Gasteiger partial charge in [0.2, 0.25) is 0 Å². The summed E-state index contributed by atoms with van der Waals surface area (Å²) in [4.78, 5) is 0. The minimum absolute atomic E-state index is 0.0388. The molecule has 3 aliphatic rings. The summed E-state index contributed by atoms with van der Waals surface area (Å²) in [5.41, 5.74) is 5.78. The summed E-state index contributed by atoms with van der Waals surface area (Å²) in [7, 11) is 0. The van der Waals surface area contributed by atoms with Gasteiger partial charge in [-0.15, -0.1) is 0 Å². The van der Waals surface area contributed by atoms with Gasteiger partial charge in [-0.3, -0.25) is 0 Å². The summed E-state index contributed by atoms with van der Waals surface area (Å²) in [6.07, 6.45) is -0.716. The summed E-state index contributed by atoms with van der Waals surface area (Å²) < 4.78 is 6.71. The fourth-order valence-corrected chi connectivity index (χ4v) is 9.07. The first kappa shape index (κ1) is 30.6. The molecule has 9 nitrogen and oxygen atoms in total. The number of aromatic hydroxyl groups is 8. The zero-order chi connectivity index (χ0) is 35.3. The number of hydrogen-bond donors (Lipinski definition) is 8. The van der Waals surface area contributed by atoms with Gasteiger partial charge >= 0.3 is 0 Å². The Labute approximate surface area is 291 Å². The van der Waals surface area contributed by atoms with E-state index < -0.39 is 35.7 Å². The second-order valence-electron chi connectivity index (χ2n) is 13.7. The molecule has 1 heterocycles. The Balaban J connectivity index is 1.44. The van der Waals surface area contributed by atoms with Crippen molar-refractivity contribution in [1.29, 1.82) is 0 Å². The van der Waals surface area contributed by atoms with Crippen LogP contribution in [0.2, 0.25) is 0 Å². The predicted molar refractivity (Wildman–Crippen MR) is 186 cm³/mol. The lowest BCUT2D eigenvalue weighted by Crippen LogP contribution is -2.26. The van der Waals surface area contributed by atoms with Crippen LogP contribution in [0.25, 0.3) is 0 Å². The molecule has 9 rings (SSSR count). The standard InChI is InChI=1S/C42H32O9/c43-22-7-1-19(2-8-22)34-36-28(13-25(46)16-31(36)49)39-35(20-3-9-23(44)10-4-20)37-29(14-26(47)17-32(37)50)41-38-30(40(34)39)15-27(48)18-33(38)51-42(41)21-5-11-24(45)12-6-21/h1-18,34-35,39-50H/t34-,35+,39+,40+,41+,42+/m0/s1. The highest BCUT2D eigenvalue weighted by atomic mass is 16.5. The monoisotopic (exact) mass is 680 g/mol. The highest BCUT2D eigenvalue weighted by Gasteiger charge is 2.54. The Morgan fingerprint density at radius 1 is 0.353 bits per heavy atom. The second-order valence-corrected chi connectivity index (χ2v) is 13.7. The molecule has 0 saturated heterocycles. The molecule has 0 fully saturated rings. The smallest absolute Gasteiger partial charge is 0.135 e. The molecule has 2 aliphatic carbocycles. The van der Waals surface area contributed by atoms with Crippen molar-refractivity contribution in [1.82, 2.24) is 0 Å². The molecule has 0 unspecified atom stereocenters. The Kier molecular flexibility index (Phi) is 6.60. The van der Waals surface area contributed by atoms with Gasteiger partial charge in [0.25, 0.3) is 0 Å². The number of fused-ring (bicyclic) bond motifs is 6. The van der Waals surface area contributed by atoms with Crippen LogP contribution < -0.4 is 4.74 Å². The van der Waals surface area contributed by atoms with Gasteiger partial charge in [0.05, 0.1) is 5.92 Å². The molecular formula is C42H32O9. The Morgan fingerprint density at radius 3 is 1.24 bits per heavy atom. The van der Waals surface area contributed by atoms with Gasteiger partial charge in [0, 0.05) is 58.6 Å². The Morgan fingerprint density at radius 2 is 0.745 bits per heavy atom. The molecule has 0 spiro atoms. The van der Waals surface area contributed by atoms with Gasteiger partial charge in [0.15, 0.2) is 0 Å². The zero-order valence-electron chi connectivity index (χ0n) is 26.8. The van der Waals surface area contributed by atoms with Gasteiger partial charge in [-0.1, -0.05) is 36.4 Å². The number of phenolic OH excluding ortho intramolecular Hbond substituents is 8. The molecule has 0 saturated carbocycles. The minimum Gasteiger partial charge on any atom is -0.508 e. The molecule has 8 N–H and O–H groups in total. The second kappa shape index (κ2) is 11.0. The fraction of sp³-hybridized carbons (Fsp3) is 0.143. The lowest BCUT2D eigenvalue weighted by Gasteiger charge is -2.39. The van der Waals surface area contributed by atoms with Crippen LogP contribution in [0.15, 0.2) is 109 Å². The van der Waals surface area contributed by atoms with Crippen molar-refractivity contribution in [2.24, 2.45) is 0 Å². The summed E-state index contributed by atoms with van der Waals surface area (Å²) in [5, 5.41) is 87.9. The van der Waals surface area contributed by atoms with Crippen LogP contribution in [0.4, 0.5) is 0 Å². The number of ether oxygens (including phenoxy) is 1. The third-order valence-corrected chi connectivity index (χ3v) is 10.9. The average Bonchev–Trinajstić information content (AvgIpc) is 3.62. The summed E-state index contributed by atoms with van der Waals surface area (Å²) in [6.45, 7) is 0. The van der Waals surface area contributed by atoms with E-state index >= 15 is 0 Å². The summed E-state index contributed by atoms with van der Waals surface area (Å²) >= 11 is 0. The number of benzene rings is 6. The minimum atomic E-state index is -0.716. The molecule has 1 aliphatic heterocycles. The SMILES string of the molecule is Oc1ccc([C@@H]2c3c(O)cc(O)cc3[C@@H]3c4c(cc(O)cc4[C@@H]4[C@@H](c5ccc(O)cc5)c5c(O)cc(O)cc5[C@H]24)O[C@@H]3c2ccc(O)cc2)cc1. The van der Waals surface area contributed by atoms with Gasteiger partial charge < -0.3 is 45.6 Å². The van der Waals surface area contributed by atoms with E-state index in [-0.39, 0.29) is 46.0 Å². The first-order valence-electron chi connectivity index (χ1n) is 16.6. The van der Waals surface area contributed by atoms with Crippen LogP contribution in [0, 0.1) is 0 Å². The van der Waals surface area contributed by atoms with Crippen molar-refractivity contribution < 1.29 is 45.6 Å². The quantitative estimate of drug-likeness (QED) is 0.0931. The number of hydrogen-bond acceptors (Lipinski definition) is 9. The van der Waals surface area contributed by atoms with Crippen LogP contribution in [0.3, 0.4) is 0 Å². The van der Waals surface area contributed by atoms with Crippen LogP contribution in [0.5, 0.6) is 51.7 Å². The van der Waals surface area contributed by atoms with Crippen molar-refractivity contribution in [2.75, 3.05) is 0 Å². The van der Waals surface area contributed by atoms with Gasteiger partial charge in [-0.25, -0.2) is 0 Å². The third kappa shape index (κ3) is 4.61. The van der Waals surface area contributed by atoms with E-state index in [4.69, 9.17) is 4.74 Å². The maximum absolute atomic E-state index is 12.0. The molecule has 9 heteroatoms. The number of phenols is 8. The van der Waals surface area contributed by atoms with Crippen molar-refractivity contribution in [2.45, 2.75) is 35.7 Å². The highest BCUT2D eigenvalue weighted by molar-refractivity contribution is 5.69. The van der Waals surface area contributed by atoms with E-state index in [1.54, 1.807) is 97.1 Å². The number of rotatable bonds is 3. The maximum Gasteiger partial charge on any atom is 0.135 e. The molecule has 6 atom stereocenters. The molecule has 0 radical (unpaired) electrons. The lowest BCUT2D eigenvalue weighted by molar-refractivity contribution is 0.220. The maximum atomic E-state index is 12.0. The van der Waals surface area contributed by atoms with E-state index in [1.165, 1.54) is 12.1 Å². The van der Waals surface area contributed by atoms with Crippen LogP contribution >= 0.6 is 0 Å². The van der Waals surface area contributed by atoms with Gasteiger partial charge in [0.1, 0.15) is 57.8 Å². The molecule has 6 aromatic carbocycles. The molecule has 0 bridgehead atoms. The molecule has 51 heavy (non-hydrogen) atoms. The highest BCUT2D eigenvalue weighted by Crippen LogP contribution is 2.69. The lowest BCUT2D eigenvalue weighted by atomic mass is 9.63. The third-order valence-electron chi connectivity index (χ3n) is 10.9. The topological polar surface area (TPSA) is 171 Å². The van der Waals surface area contributed by atoms with Crippen LogP contribution in [-0.4, -0.2) is 40.9 Å². The molecule has 6 aromatic rings. The predicted octanol–water partition coefficient (Wildman–Crippen LogP) is 7.76. The van der Waals surface area contributed by atoms with E-state index in [1.807, 2.05) is 0 Å². The largest absolute Gasteiger partial charge is 0.508 e. The first-order valence-corrected chi connectivity index (χ1v) is 16.6. The van der Waals surface area contributed by atoms with E-state index in [9.17, 15) is 40.9 Å². The Bertz CT molecular complexity index is 2350. The molecule has 0 amide bonds. The molecule has 0 aromatic heterocycles. The van der Waals surface area contributed by atoms with Crippen molar-refractivity contribution >= 4 is 0 Å². The van der Waals surface area contributed by atoms with Gasteiger partial charge in [-0.05, 0) is 88.0 Å². The average molecular weight is 681 g/mol. The van der Waals surface area contributed by atoms with E-state index in [0.717, 1.165) is 11.1 Å². The normalized spacial score (nSPS) is 22.5.